The van der Waals surface area contributed by atoms with Crippen LogP contribution in [0.4, 0.5) is 37.8 Å². The summed E-state index contributed by atoms with van der Waals surface area (Å²) in [5.41, 5.74) is -0.627. The summed E-state index contributed by atoms with van der Waals surface area (Å²) in [5.74, 6) is -2.41. The minimum atomic E-state index is -4.58. The van der Waals surface area contributed by atoms with Gasteiger partial charge in [-0.1, -0.05) is 12.1 Å². The molecule has 1 aliphatic heterocycles. The number of thioether (sulfide) groups is 1. The molecule has 1 atom stereocenters. The number of para-hydroxylation sites is 1. The van der Waals surface area contributed by atoms with Crippen LogP contribution in [-0.4, -0.2) is 35.9 Å². The number of hydrogen-bond donors (Lipinski definition) is 1. The average Bonchev–Trinajstić information content (AvgIpc) is 2.72. The molecule has 2 heterocycles. The Balaban J connectivity index is 1.72. The van der Waals surface area contributed by atoms with Gasteiger partial charge in [0.05, 0.1) is 22.9 Å². The first kappa shape index (κ1) is 23.2. The van der Waals surface area contributed by atoms with Gasteiger partial charge in [-0.15, -0.1) is 11.8 Å². The molecule has 168 valence electrons. The normalized spacial score (nSPS) is 17.5. The number of anilines is 2. The minimum Gasteiger partial charge on any atom is -0.355 e. The van der Waals surface area contributed by atoms with E-state index in [9.17, 15) is 31.1 Å². The number of amides is 1. The van der Waals surface area contributed by atoms with Gasteiger partial charge in [0.1, 0.15) is 5.82 Å². The number of carbonyl (C=O) groups is 1. The van der Waals surface area contributed by atoms with E-state index in [1.54, 1.807) is 12.1 Å². The van der Waals surface area contributed by atoms with E-state index in [1.807, 2.05) is 0 Å². The van der Waals surface area contributed by atoms with Crippen molar-refractivity contribution >= 4 is 29.2 Å². The highest BCUT2D eigenvalue weighted by Crippen LogP contribution is 2.37. The number of hydrogen-bond acceptors (Lipinski definition) is 4. The van der Waals surface area contributed by atoms with Crippen LogP contribution in [0.15, 0.2) is 47.5 Å². The molecule has 1 N–H and O–H groups in total. The summed E-state index contributed by atoms with van der Waals surface area (Å²) < 4.78 is 77.6. The van der Waals surface area contributed by atoms with Gasteiger partial charge in [-0.25, -0.2) is 4.98 Å². The first-order valence-corrected chi connectivity index (χ1v) is 10.4. The maximum atomic E-state index is 13.3. The van der Waals surface area contributed by atoms with Crippen molar-refractivity contribution in [2.75, 3.05) is 29.1 Å². The molecule has 11 heteroatoms. The quantitative estimate of drug-likeness (QED) is 0.463. The van der Waals surface area contributed by atoms with E-state index in [1.165, 1.54) is 29.3 Å². The van der Waals surface area contributed by atoms with Crippen molar-refractivity contribution in [2.45, 2.75) is 30.1 Å². The highest BCUT2D eigenvalue weighted by Gasteiger charge is 2.37. The minimum absolute atomic E-state index is 0.0315. The van der Waals surface area contributed by atoms with Crippen LogP contribution in [0.2, 0.25) is 0 Å². The molecule has 1 unspecified atom stereocenters. The molecule has 0 spiro atoms. The Morgan fingerprint density at radius 3 is 2.58 bits per heavy atom. The molecule has 0 aliphatic carbocycles. The number of pyridine rings is 1. The van der Waals surface area contributed by atoms with Gasteiger partial charge in [0.25, 0.3) is 0 Å². The highest BCUT2D eigenvalue weighted by molar-refractivity contribution is 7.99. The fourth-order valence-electron chi connectivity index (χ4n) is 3.34. The fraction of sp³-hybridized carbons (Fsp3) is 0.400. The van der Waals surface area contributed by atoms with Crippen LogP contribution in [0.25, 0.3) is 0 Å². The van der Waals surface area contributed by atoms with E-state index in [0.717, 1.165) is 6.07 Å². The van der Waals surface area contributed by atoms with E-state index in [-0.39, 0.29) is 22.9 Å². The van der Waals surface area contributed by atoms with Gasteiger partial charge >= 0.3 is 12.4 Å². The summed E-state index contributed by atoms with van der Waals surface area (Å²) in [6.45, 7) is 0.353. The topological polar surface area (TPSA) is 45.2 Å². The molecule has 1 saturated heterocycles. The molecule has 1 amide bonds. The third-order valence-electron chi connectivity index (χ3n) is 4.72. The van der Waals surface area contributed by atoms with E-state index in [2.05, 4.69) is 10.3 Å². The lowest BCUT2D eigenvalue weighted by Gasteiger charge is -2.34. The maximum Gasteiger partial charge on any atom is 0.419 e. The standard InChI is InChI=1S/C20H19F6N3OS/c21-19(22,23)12-31-16-8-2-1-7-15(16)28-18(30)13-5-4-10-29(11-13)17-14(20(24,25)26)6-3-9-27-17/h1-3,6-9,13H,4-5,10-12H2,(H,28,30). The lowest BCUT2D eigenvalue weighted by atomic mass is 9.96. The van der Waals surface area contributed by atoms with E-state index in [4.69, 9.17) is 0 Å². The second kappa shape index (κ2) is 9.37. The van der Waals surface area contributed by atoms with Gasteiger partial charge in [0.2, 0.25) is 5.91 Å². The van der Waals surface area contributed by atoms with Crippen molar-refractivity contribution in [3.05, 3.63) is 48.2 Å². The second-order valence-electron chi connectivity index (χ2n) is 7.05. The van der Waals surface area contributed by atoms with Crippen LogP contribution in [0.1, 0.15) is 18.4 Å². The van der Waals surface area contributed by atoms with Crippen molar-refractivity contribution in [1.29, 1.82) is 0 Å². The molecule has 3 rings (SSSR count). The molecule has 1 aromatic heterocycles. The van der Waals surface area contributed by atoms with Crippen LogP contribution >= 0.6 is 11.8 Å². The number of carbonyl (C=O) groups excluding carboxylic acids is 1. The number of halogens is 6. The molecule has 1 aliphatic rings. The molecule has 31 heavy (non-hydrogen) atoms. The summed E-state index contributed by atoms with van der Waals surface area (Å²) in [6, 6.07) is 8.27. The number of nitrogens with zero attached hydrogens (tertiary/aromatic N) is 2. The fourth-order valence-corrected chi connectivity index (χ4v) is 4.11. The summed E-state index contributed by atoms with van der Waals surface area (Å²) in [4.78, 5) is 18.3. The zero-order chi connectivity index (χ0) is 22.6. The van der Waals surface area contributed by atoms with Gasteiger partial charge in [-0.05, 0) is 37.1 Å². The molecule has 0 radical (unpaired) electrons. The van der Waals surface area contributed by atoms with E-state index < -0.39 is 35.5 Å². The zero-order valence-corrected chi connectivity index (χ0v) is 16.9. The summed E-state index contributed by atoms with van der Waals surface area (Å²) in [5, 5.41) is 2.64. The average molecular weight is 463 g/mol. The van der Waals surface area contributed by atoms with Crippen LogP contribution < -0.4 is 10.2 Å². The maximum absolute atomic E-state index is 13.3. The molecular weight excluding hydrogens is 444 g/mol. The molecule has 2 aromatic rings. The summed E-state index contributed by atoms with van der Waals surface area (Å²) in [7, 11) is 0. The zero-order valence-electron chi connectivity index (χ0n) is 16.1. The Kier molecular flexibility index (Phi) is 7.03. The smallest absolute Gasteiger partial charge is 0.355 e. The molecular formula is C20H19F6N3OS. The predicted octanol–water partition coefficient (Wildman–Crippen LogP) is 5.61. The third kappa shape index (κ3) is 6.28. The molecule has 0 bridgehead atoms. The summed E-state index contributed by atoms with van der Waals surface area (Å²) in [6.07, 6.45) is -6.73. The lowest BCUT2D eigenvalue weighted by molar-refractivity contribution is -0.137. The number of piperidine rings is 1. The Labute approximate surface area is 179 Å². The highest BCUT2D eigenvalue weighted by atomic mass is 32.2. The predicted molar refractivity (Wildman–Crippen MR) is 106 cm³/mol. The monoisotopic (exact) mass is 463 g/mol. The van der Waals surface area contributed by atoms with Gasteiger partial charge in [0, 0.05) is 24.2 Å². The Hall–Kier alpha value is -2.43. The molecule has 1 aromatic carbocycles. The number of alkyl halides is 6. The van der Waals surface area contributed by atoms with Gasteiger partial charge in [0.15, 0.2) is 0 Å². The number of benzene rings is 1. The van der Waals surface area contributed by atoms with Gasteiger partial charge in [-0.3, -0.25) is 4.79 Å². The molecule has 0 saturated carbocycles. The van der Waals surface area contributed by atoms with Crippen molar-refractivity contribution in [2.24, 2.45) is 5.92 Å². The Morgan fingerprint density at radius 1 is 1.13 bits per heavy atom. The molecule has 4 nitrogen and oxygen atoms in total. The van der Waals surface area contributed by atoms with Crippen molar-refractivity contribution in [3.8, 4) is 0 Å². The Morgan fingerprint density at radius 2 is 1.87 bits per heavy atom. The van der Waals surface area contributed by atoms with E-state index >= 15 is 0 Å². The number of aromatic nitrogens is 1. The van der Waals surface area contributed by atoms with Crippen LogP contribution in [0.3, 0.4) is 0 Å². The first-order chi connectivity index (χ1) is 14.5. The number of rotatable bonds is 5. The van der Waals surface area contributed by atoms with Gasteiger partial charge < -0.3 is 10.2 Å². The SMILES string of the molecule is O=C(Nc1ccccc1SCC(F)(F)F)C1CCCN(c2ncccc2C(F)(F)F)C1. The Bertz CT molecular complexity index is 918. The molecule has 1 fully saturated rings. The van der Waals surface area contributed by atoms with Crippen molar-refractivity contribution in [3.63, 3.8) is 0 Å². The third-order valence-corrected chi connectivity index (χ3v) is 5.86. The number of nitrogens with one attached hydrogen (secondary N) is 1. The lowest BCUT2D eigenvalue weighted by Crippen LogP contribution is -2.42. The van der Waals surface area contributed by atoms with Crippen LogP contribution in [0, 0.1) is 5.92 Å². The van der Waals surface area contributed by atoms with E-state index in [0.29, 0.717) is 31.1 Å². The largest absolute Gasteiger partial charge is 0.419 e. The van der Waals surface area contributed by atoms with Crippen molar-refractivity contribution in [1.82, 2.24) is 4.98 Å². The first-order valence-electron chi connectivity index (χ1n) is 9.41. The van der Waals surface area contributed by atoms with Crippen LogP contribution in [0.5, 0.6) is 0 Å². The second-order valence-corrected chi connectivity index (χ2v) is 8.06. The van der Waals surface area contributed by atoms with Crippen LogP contribution in [-0.2, 0) is 11.0 Å². The van der Waals surface area contributed by atoms with Crippen molar-refractivity contribution < 1.29 is 31.1 Å². The van der Waals surface area contributed by atoms with Gasteiger partial charge in [-0.2, -0.15) is 26.3 Å². The summed E-state index contributed by atoms with van der Waals surface area (Å²) >= 11 is 0.560.